The summed E-state index contributed by atoms with van der Waals surface area (Å²) < 4.78 is 6.78. The Kier molecular flexibility index (Phi) is 5.78. The average molecular weight is 405 g/mol. The van der Waals surface area contributed by atoms with Gasteiger partial charge < -0.3 is 10.1 Å². The predicted molar refractivity (Wildman–Crippen MR) is 125 cm³/mol. The highest BCUT2D eigenvalue weighted by Crippen LogP contribution is 2.51. The van der Waals surface area contributed by atoms with Gasteiger partial charge in [-0.1, -0.05) is 60.7 Å². The number of benzene rings is 1. The van der Waals surface area contributed by atoms with Crippen molar-refractivity contribution < 1.29 is 4.74 Å². The first-order valence-corrected chi connectivity index (χ1v) is 11.3. The fourth-order valence-corrected chi connectivity index (χ4v) is 5.70. The van der Waals surface area contributed by atoms with Crippen molar-refractivity contribution in [2.45, 2.75) is 63.2 Å². The van der Waals surface area contributed by atoms with Crippen molar-refractivity contribution in [3.63, 3.8) is 0 Å². The van der Waals surface area contributed by atoms with E-state index in [2.05, 4.69) is 93.3 Å². The summed E-state index contributed by atoms with van der Waals surface area (Å²) in [5, 5.41) is 3.75. The standard InChI is InChI=1S/C27H36N2O/c1-20-10-9-17-28-25-24(21(2)18-20)19-22(3)30-27(25)15-13-26(14-16-27,29(4)5)23-11-7-6-8-12-23/h6-12,18,22,28H,2,13-17,19H2,1,3-5H3/b10-9-,20-18-. The zero-order valence-electron chi connectivity index (χ0n) is 19.0. The summed E-state index contributed by atoms with van der Waals surface area (Å²) in [5.74, 6) is 0. The van der Waals surface area contributed by atoms with Crippen molar-refractivity contribution in [1.82, 2.24) is 10.2 Å². The van der Waals surface area contributed by atoms with Crippen LogP contribution in [-0.4, -0.2) is 37.2 Å². The maximum absolute atomic E-state index is 6.78. The van der Waals surface area contributed by atoms with Crippen molar-refractivity contribution in [3.8, 4) is 0 Å². The normalized spacial score (nSPS) is 35.0. The molecule has 1 N–H and O–H groups in total. The molecule has 2 aliphatic heterocycles. The van der Waals surface area contributed by atoms with E-state index in [1.54, 1.807) is 0 Å². The fraction of sp³-hybridized carbons (Fsp3) is 0.481. The predicted octanol–water partition coefficient (Wildman–Crippen LogP) is 5.48. The molecule has 160 valence electrons. The van der Waals surface area contributed by atoms with Crippen LogP contribution in [0.25, 0.3) is 0 Å². The lowest BCUT2D eigenvalue weighted by atomic mass is 9.67. The van der Waals surface area contributed by atoms with Gasteiger partial charge in [0.15, 0.2) is 0 Å². The van der Waals surface area contributed by atoms with Crippen molar-refractivity contribution in [3.05, 3.63) is 83.1 Å². The Morgan fingerprint density at radius 3 is 2.47 bits per heavy atom. The Labute approximate surface area is 182 Å². The molecule has 4 rings (SSSR count). The molecule has 1 unspecified atom stereocenters. The molecule has 1 aromatic rings. The Balaban J connectivity index is 1.71. The molecule has 0 radical (unpaired) electrons. The van der Waals surface area contributed by atoms with Gasteiger partial charge in [0, 0.05) is 24.2 Å². The summed E-state index contributed by atoms with van der Waals surface area (Å²) in [6.07, 6.45) is 11.9. The highest BCUT2D eigenvalue weighted by atomic mass is 16.5. The lowest BCUT2D eigenvalue weighted by molar-refractivity contribution is -0.117. The van der Waals surface area contributed by atoms with Crippen LogP contribution in [0.3, 0.4) is 0 Å². The molecule has 1 aliphatic carbocycles. The van der Waals surface area contributed by atoms with Gasteiger partial charge in [-0.3, -0.25) is 4.90 Å². The van der Waals surface area contributed by atoms with Crippen molar-refractivity contribution in [2.24, 2.45) is 0 Å². The van der Waals surface area contributed by atoms with Gasteiger partial charge in [-0.25, -0.2) is 0 Å². The second-order valence-corrected chi connectivity index (χ2v) is 9.47. The number of nitrogens with zero attached hydrogens (tertiary/aromatic N) is 1. The van der Waals surface area contributed by atoms with Gasteiger partial charge >= 0.3 is 0 Å². The number of hydrogen-bond acceptors (Lipinski definition) is 3. The van der Waals surface area contributed by atoms with Crippen LogP contribution in [0.4, 0.5) is 0 Å². The van der Waals surface area contributed by atoms with E-state index in [1.807, 2.05) is 0 Å². The van der Waals surface area contributed by atoms with E-state index in [1.165, 1.54) is 22.4 Å². The molecule has 1 spiro atoms. The molecule has 0 bridgehead atoms. The van der Waals surface area contributed by atoms with Crippen LogP contribution in [0.5, 0.6) is 0 Å². The molecule has 0 saturated heterocycles. The molecule has 0 amide bonds. The number of ether oxygens (including phenoxy) is 1. The summed E-state index contributed by atoms with van der Waals surface area (Å²) in [6.45, 7) is 9.63. The zero-order chi connectivity index (χ0) is 21.4. The maximum Gasteiger partial charge on any atom is 0.108 e. The van der Waals surface area contributed by atoms with E-state index in [0.29, 0.717) is 0 Å². The monoisotopic (exact) mass is 404 g/mol. The van der Waals surface area contributed by atoms with Crippen LogP contribution in [-0.2, 0) is 10.3 Å². The van der Waals surface area contributed by atoms with Crippen LogP contribution >= 0.6 is 0 Å². The first-order chi connectivity index (χ1) is 14.4. The van der Waals surface area contributed by atoms with E-state index in [9.17, 15) is 0 Å². The molecule has 1 saturated carbocycles. The van der Waals surface area contributed by atoms with E-state index in [4.69, 9.17) is 4.74 Å². The Hall–Kier alpha value is -2.10. The van der Waals surface area contributed by atoms with E-state index in [0.717, 1.165) is 44.2 Å². The summed E-state index contributed by atoms with van der Waals surface area (Å²) in [4.78, 5) is 2.42. The summed E-state index contributed by atoms with van der Waals surface area (Å²) in [7, 11) is 4.44. The summed E-state index contributed by atoms with van der Waals surface area (Å²) in [6, 6.07) is 11.0. The average Bonchev–Trinajstić information content (AvgIpc) is 2.79. The zero-order valence-corrected chi connectivity index (χ0v) is 19.0. The molecule has 0 aromatic heterocycles. The molecule has 3 aliphatic rings. The van der Waals surface area contributed by atoms with Gasteiger partial charge in [0.05, 0.1) is 6.10 Å². The number of allylic oxidation sites excluding steroid dienone is 4. The van der Waals surface area contributed by atoms with Crippen LogP contribution in [0.2, 0.25) is 0 Å². The lowest BCUT2D eigenvalue weighted by Gasteiger charge is -2.53. The van der Waals surface area contributed by atoms with Gasteiger partial charge in [0.25, 0.3) is 0 Å². The third kappa shape index (κ3) is 3.70. The quantitative estimate of drug-likeness (QED) is 0.706. The largest absolute Gasteiger partial charge is 0.382 e. The van der Waals surface area contributed by atoms with Gasteiger partial charge in [-0.2, -0.15) is 0 Å². The minimum absolute atomic E-state index is 0.0587. The smallest absolute Gasteiger partial charge is 0.108 e. The van der Waals surface area contributed by atoms with Gasteiger partial charge in [0.2, 0.25) is 0 Å². The van der Waals surface area contributed by atoms with Crippen molar-refractivity contribution >= 4 is 0 Å². The Bertz CT molecular complexity index is 883. The summed E-state index contributed by atoms with van der Waals surface area (Å²) in [5.41, 5.74) is 6.24. The van der Waals surface area contributed by atoms with Gasteiger partial charge in [-0.15, -0.1) is 0 Å². The first-order valence-electron chi connectivity index (χ1n) is 11.3. The second-order valence-electron chi connectivity index (χ2n) is 9.47. The number of fused-ring (bicyclic) bond motifs is 1. The van der Waals surface area contributed by atoms with Crippen LogP contribution < -0.4 is 5.32 Å². The molecule has 1 atom stereocenters. The van der Waals surface area contributed by atoms with Crippen molar-refractivity contribution in [2.75, 3.05) is 20.6 Å². The third-order valence-electron chi connectivity index (χ3n) is 7.29. The SMILES string of the molecule is C=C1/C=C(C)\C=C/CNC2=C1CC(C)OC21CCC(c2ccccc2)(N(C)C)CC1. The molecule has 3 nitrogen and oxygen atoms in total. The van der Waals surface area contributed by atoms with E-state index < -0.39 is 0 Å². The molecular formula is C27H36N2O. The number of rotatable bonds is 2. The first kappa shape index (κ1) is 21.1. The molecular weight excluding hydrogens is 368 g/mol. The lowest BCUT2D eigenvalue weighted by Crippen LogP contribution is -2.54. The van der Waals surface area contributed by atoms with Gasteiger partial charge in [-0.05, 0) is 70.3 Å². The van der Waals surface area contributed by atoms with Gasteiger partial charge in [0.1, 0.15) is 5.60 Å². The highest BCUT2D eigenvalue weighted by molar-refractivity contribution is 5.48. The molecule has 1 aromatic carbocycles. The third-order valence-corrected chi connectivity index (χ3v) is 7.29. The minimum Gasteiger partial charge on any atom is -0.382 e. The number of nitrogens with one attached hydrogen (secondary N) is 1. The maximum atomic E-state index is 6.78. The topological polar surface area (TPSA) is 24.5 Å². The summed E-state index contributed by atoms with van der Waals surface area (Å²) >= 11 is 0. The number of hydrogen-bond donors (Lipinski definition) is 1. The highest BCUT2D eigenvalue weighted by Gasteiger charge is 2.50. The molecule has 30 heavy (non-hydrogen) atoms. The van der Waals surface area contributed by atoms with Crippen LogP contribution in [0, 0.1) is 0 Å². The van der Waals surface area contributed by atoms with Crippen LogP contribution in [0.1, 0.15) is 51.5 Å². The molecule has 2 heterocycles. The Morgan fingerprint density at radius 2 is 1.80 bits per heavy atom. The fourth-order valence-electron chi connectivity index (χ4n) is 5.70. The van der Waals surface area contributed by atoms with E-state index >= 15 is 0 Å². The van der Waals surface area contributed by atoms with Crippen molar-refractivity contribution in [1.29, 1.82) is 0 Å². The minimum atomic E-state index is -0.246. The molecule has 1 fully saturated rings. The molecule has 3 heteroatoms. The van der Waals surface area contributed by atoms with Crippen LogP contribution in [0.15, 0.2) is 77.6 Å². The second kappa shape index (κ2) is 8.20. The Morgan fingerprint density at radius 1 is 1.10 bits per heavy atom. The van der Waals surface area contributed by atoms with E-state index in [-0.39, 0.29) is 17.2 Å².